The summed E-state index contributed by atoms with van der Waals surface area (Å²) in [6, 6.07) is 0. The molecule has 0 fully saturated rings. The van der Waals surface area contributed by atoms with Crippen molar-refractivity contribution in [2.24, 2.45) is 4.78 Å². The van der Waals surface area contributed by atoms with Gasteiger partial charge in [0.25, 0.3) is 15.3 Å². The molecule has 1 N–H and O–H groups in total. The Labute approximate surface area is 41.5 Å². The predicted molar refractivity (Wildman–Crippen MR) is 25.7 cm³/mol. The number of hydrogen-bond donors (Lipinski definition) is 1. The minimum Gasteiger partial charge on any atom is -0.486 e. The molecule has 0 aromatic heterocycles. The van der Waals surface area contributed by atoms with E-state index in [1.165, 1.54) is 0 Å². The predicted octanol–water partition coefficient (Wildman–Crippen LogP) is 0.0585. The van der Waals surface area contributed by atoms with E-state index in [1.54, 1.807) is 0 Å². The molecule has 5 nitrogen and oxygen atoms in total. The molecule has 0 amide bonds. The van der Waals surface area contributed by atoms with Crippen LogP contribution in [-0.2, 0) is 0 Å². The van der Waals surface area contributed by atoms with Gasteiger partial charge in [-0.05, 0) is 10.4 Å². The Bertz CT molecular complexity index is 116. The molecule has 0 aliphatic heterocycles. The smallest absolute Gasteiger partial charge is 0.268 e. The van der Waals surface area contributed by atoms with Crippen molar-refractivity contribution < 1.29 is 9.90 Å². The molecule has 0 saturated heterocycles. The van der Waals surface area contributed by atoms with E-state index in [0.29, 0.717) is 0 Å². The molecule has 38 valence electrons. The van der Waals surface area contributed by atoms with Crippen LogP contribution >= 0.6 is 0 Å². The van der Waals surface area contributed by atoms with E-state index in [2.05, 4.69) is 9.69 Å². The Balaban J connectivity index is 3.32. The quantitative estimate of drug-likeness (QED) is 0.240. The molecule has 0 heterocycles. The summed E-state index contributed by atoms with van der Waals surface area (Å²) >= 11 is 0. The standard InChI is InChI=1S/CH3N3O2Si/c2-3-4-7-1(5)6/h7H2,(H,5,6). The monoisotopic (exact) mass is 117 g/mol. The van der Waals surface area contributed by atoms with Gasteiger partial charge >= 0.3 is 0 Å². The van der Waals surface area contributed by atoms with Crippen LogP contribution in [0.4, 0.5) is 4.79 Å². The Hall–Kier alpha value is -1.00. The summed E-state index contributed by atoms with van der Waals surface area (Å²) in [5.74, 6) is 0. The van der Waals surface area contributed by atoms with E-state index >= 15 is 0 Å². The second-order valence-electron chi connectivity index (χ2n) is 0.783. The molecule has 0 rings (SSSR count). The second-order valence-corrected chi connectivity index (χ2v) is 1.99. The maximum absolute atomic E-state index is 9.56. The summed E-state index contributed by atoms with van der Waals surface area (Å²) in [4.78, 5) is 11.8. The molecule has 0 bridgehead atoms. The topological polar surface area (TPSA) is 86.1 Å². The molecule has 0 radical (unpaired) electrons. The highest BCUT2D eigenvalue weighted by atomic mass is 28.2. The third-order valence-corrected chi connectivity index (χ3v) is 0.808. The van der Waals surface area contributed by atoms with Crippen molar-refractivity contribution in [2.75, 3.05) is 0 Å². The SMILES string of the molecule is [N-]=[N+]=N[SiH2]C(=O)O. The van der Waals surface area contributed by atoms with Crippen molar-refractivity contribution in [2.45, 2.75) is 0 Å². The van der Waals surface area contributed by atoms with Gasteiger partial charge in [-0.15, -0.1) is 4.78 Å². The van der Waals surface area contributed by atoms with Crippen molar-refractivity contribution in [1.82, 2.24) is 0 Å². The van der Waals surface area contributed by atoms with Gasteiger partial charge in [-0.1, -0.05) is 0 Å². The minimum absolute atomic E-state index is 0.974. The first-order valence-electron chi connectivity index (χ1n) is 1.50. The van der Waals surface area contributed by atoms with Gasteiger partial charge in [0.1, 0.15) is 0 Å². The first-order valence-corrected chi connectivity index (χ1v) is 2.84. The molecular weight excluding hydrogens is 114 g/mol. The summed E-state index contributed by atoms with van der Waals surface area (Å²) in [6.45, 7) is 0. The molecule has 0 atom stereocenters. The molecule has 0 aliphatic carbocycles. The van der Waals surface area contributed by atoms with Crippen LogP contribution in [0.3, 0.4) is 0 Å². The Morgan fingerprint density at radius 2 is 2.57 bits per heavy atom. The lowest BCUT2D eigenvalue weighted by molar-refractivity contribution is 0.219. The minimum atomic E-state index is -1.53. The van der Waals surface area contributed by atoms with Crippen LogP contribution in [0.15, 0.2) is 4.78 Å². The van der Waals surface area contributed by atoms with E-state index in [9.17, 15) is 4.79 Å². The van der Waals surface area contributed by atoms with E-state index in [0.717, 1.165) is 0 Å². The Morgan fingerprint density at radius 1 is 2.00 bits per heavy atom. The highest BCUT2D eigenvalue weighted by Gasteiger charge is 1.89. The molecule has 6 heteroatoms. The van der Waals surface area contributed by atoms with Crippen LogP contribution in [0, 0.1) is 0 Å². The molecule has 0 saturated carbocycles. The lowest BCUT2D eigenvalue weighted by atomic mass is 11.6. The van der Waals surface area contributed by atoms with Gasteiger partial charge in [0.2, 0.25) is 0 Å². The van der Waals surface area contributed by atoms with Crippen LogP contribution in [0.5, 0.6) is 0 Å². The average molecular weight is 117 g/mol. The van der Waals surface area contributed by atoms with Crippen molar-refractivity contribution in [1.29, 1.82) is 0 Å². The summed E-state index contributed by atoms with van der Waals surface area (Å²) in [5.41, 5.74) is 6.57. The maximum Gasteiger partial charge on any atom is 0.268 e. The fraction of sp³-hybridized carbons (Fsp3) is 0. The Morgan fingerprint density at radius 3 is 2.71 bits per heavy atom. The number of hydrogen-bond acceptors (Lipinski definition) is 2. The number of rotatable bonds is 2. The molecule has 0 spiro atoms. The largest absolute Gasteiger partial charge is 0.486 e. The molecule has 0 aromatic rings. The third kappa shape index (κ3) is 5.00. The highest BCUT2D eigenvalue weighted by Crippen LogP contribution is 1.66. The van der Waals surface area contributed by atoms with Crippen LogP contribution < -0.4 is 0 Å². The second kappa shape index (κ2) is 3.20. The van der Waals surface area contributed by atoms with E-state index < -0.39 is 15.3 Å². The van der Waals surface area contributed by atoms with Gasteiger partial charge in [0, 0.05) is 0 Å². The third-order valence-electron chi connectivity index (χ3n) is 0.269. The molecule has 0 unspecified atom stereocenters. The van der Waals surface area contributed by atoms with Gasteiger partial charge in [-0.25, -0.2) is 0 Å². The fourth-order valence-electron chi connectivity index (χ4n) is 0.0921. The number of azide groups is 1. The summed E-state index contributed by atoms with van der Waals surface area (Å²) in [7, 11) is -1.53. The zero-order chi connectivity index (χ0) is 5.70. The zero-order valence-electron chi connectivity index (χ0n) is 3.40. The van der Waals surface area contributed by atoms with E-state index in [4.69, 9.17) is 10.6 Å². The van der Waals surface area contributed by atoms with Crippen molar-refractivity contribution in [3.63, 3.8) is 0 Å². The maximum atomic E-state index is 9.56. The number of carboxylic acid groups (broad SMARTS) is 1. The zero-order valence-corrected chi connectivity index (χ0v) is 4.82. The van der Waals surface area contributed by atoms with Crippen LogP contribution in [0.2, 0.25) is 0 Å². The number of nitrogens with zero attached hydrogens (tertiary/aromatic N) is 3. The fourth-order valence-corrected chi connectivity index (χ4v) is 0.276. The summed E-state index contributed by atoms with van der Waals surface area (Å²) in [6.07, 6.45) is 0. The number of carbonyl (C=O) groups is 1. The molecule has 7 heavy (non-hydrogen) atoms. The van der Waals surface area contributed by atoms with E-state index in [1.807, 2.05) is 0 Å². The summed E-state index contributed by atoms with van der Waals surface area (Å²) in [5, 5.41) is 7.84. The van der Waals surface area contributed by atoms with Crippen LogP contribution in [-0.4, -0.2) is 20.4 Å². The van der Waals surface area contributed by atoms with Crippen LogP contribution in [0.1, 0.15) is 0 Å². The van der Waals surface area contributed by atoms with Gasteiger partial charge in [-0.3, -0.25) is 4.79 Å². The van der Waals surface area contributed by atoms with E-state index in [-0.39, 0.29) is 0 Å². The molecule has 0 aromatic carbocycles. The highest BCUT2D eigenvalue weighted by molar-refractivity contribution is 6.69. The Kier molecular flexibility index (Phi) is 2.74. The molecule has 0 aliphatic rings. The van der Waals surface area contributed by atoms with Gasteiger partial charge in [0.15, 0.2) is 0 Å². The van der Waals surface area contributed by atoms with Gasteiger partial charge < -0.3 is 5.11 Å². The lowest BCUT2D eigenvalue weighted by Crippen LogP contribution is -1.99. The van der Waals surface area contributed by atoms with Crippen molar-refractivity contribution in [3.8, 4) is 0 Å². The lowest BCUT2D eigenvalue weighted by Gasteiger charge is -1.72. The average Bonchev–Trinajstić information content (AvgIpc) is 1.61. The first kappa shape index (κ1) is 6.00. The van der Waals surface area contributed by atoms with Gasteiger partial charge in [-0.2, -0.15) is 0 Å². The van der Waals surface area contributed by atoms with Crippen molar-refractivity contribution in [3.05, 3.63) is 10.4 Å². The molecular formula is CH3N3O2Si. The normalized spacial score (nSPS) is 8.57. The summed E-state index contributed by atoms with van der Waals surface area (Å²) < 4.78 is 2.89. The first-order chi connectivity index (χ1) is 3.27. The van der Waals surface area contributed by atoms with Crippen LogP contribution in [0.25, 0.3) is 10.4 Å². The van der Waals surface area contributed by atoms with Crippen molar-refractivity contribution >= 4 is 15.3 Å². The van der Waals surface area contributed by atoms with Gasteiger partial charge in [0.05, 0.1) is 0 Å².